The van der Waals surface area contributed by atoms with Gasteiger partial charge in [-0.15, -0.1) is 0 Å². The Morgan fingerprint density at radius 1 is 1.54 bits per heavy atom. The molecule has 4 nitrogen and oxygen atoms in total. The van der Waals surface area contributed by atoms with Crippen molar-refractivity contribution in [1.82, 2.24) is 10.2 Å². The first kappa shape index (κ1) is 12.4. The molecule has 0 aromatic rings. The van der Waals surface area contributed by atoms with Crippen molar-refractivity contribution in [2.24, 2.45) is 0 Å². The molecule has 0 aromatic carbocycles. The molecular formula is C9H20N2O2. The minimum atomic E-state index is -0.770. The van der Waals surface area contributed by atoms with Crippen LogP contribution < -0.4 is 5.32 Å². The second kappa shape index (κ2) is 5.94. The summed E-state index contributed by atoms with van der Waals surface area (Å²) in [7, 11) is 3.94. The lowest BCUT2D eigenvalue weighted by Gasteiger charge is -2.21. The van der Waals surface area contributed by atoms with Crippen LogP contribution in [0.5, 0.6) is 0 Å². The summed E-state index contributed by atoms with van der Waals surface area (Å²) in [6.45, 7) is 4.71. The van der Waals surface area contributed by atoms with Gasteiger partial charge in [0.2, 0.25) is 0 Å². The molecule has 0 aliphatic heterocycles. The average molecular weight is 188 g/mol. The number of carboxylic acid groups (broad SMARTS) is 1. The maximum absolute atomic E-state index is 10.7. The number of aliphatic carboxylic acids is 1. The van der Waals surface area contributed by atoms with E-state index in [1.807, 2.05) is 32.8 Å². The molecule has 0 amide bonds. The van der Waals surface area contributed by atoms with E-state index in [2.05, 4.69) is 5.32 Å². The Balaban J connectivity index is 3.86. The fourth-order valence-electron chi connectivity index (χ4n) is 1.31. The highest BCUT2D eigenvalue weighted by Gasteiger charge is 2.16. The number of nitrogens with zero attached hydrogens (tertiary/aromatic N) is 1. The van der Waals surface area contributed by atoms with E-state index in [4.69, 9.17) is 5.11 Å². The standard InChI is InChI=1S/C9H20N2O2/c1-5-8(9(12)13)10-7(2)6-11(3)4/h7-8,10H,5-6H2,1-4H3,(H,12,13). The fraction of sp³-hybridized carbons (Fsp3) is 0.889. The predicted molar refractivity (Wildman–Crippen MR) is 52.9 cm³/mol. The molecule has 2 unspecified atom stereocenters. The quantitative estimate of drug-likeness (QED) is 0.633. The van der Waals surface area contributed by atoms with E-state index in [0.717, 1.165) is 6.54 Å². The van der Waals surface area contributed by atoms with Crippen molar-refractivity contribution in [2.75, 3.05) is 20.6 Å². The molecule has 0 aromatic heterocycles. The zero-order chi connectivity index (χ0) is 10.4. The van der Waals surface area contributed by atoms with Crippen molar-refractivity contribution in [3.05, 3.63) is 0 Å². The maximum Gasteiger partial charge on any atom is 0.320 e. The van der Waals surface area contributed by atoms with Crippen LogP contribution in [0.4, 0.5) is 0 Å². The third kappa shape index (κ3) is 5.60. The number of hydrogen-bond acceptors (Lipinski definition) is 3. The second-order valence-electron chi connectivity index (χ2n) is 3.63. The molecule has 0 fully saturated rings. The second-order valence-corrected chi connectivity index (χ2v) is 3.63. The van der Waals surface area contributed by atoms with Crippen LogP contribution in [-0.2, 0) is 4.79 Å². The highest BCUT2D eigenvalue weighted by molar-refractivity contribution is 5.73. The molecule has 0 heterocycles. The van der Waals surface area contributed by atoms with Gasteiger partial charge < -0.3 is 15.3 Å². The van der Waals surface area contributed by atoms with Crippen LogP contribution in [0.1, 0.15) is 20.3 Å². The SMILES string of the molecule is CCC(NC(C)CN(C)C)C(=O)O. The van der Waals surface area contributed by atoms with E-state index in [1.54, 1.807) is 0 Å². The van der Waals surface area contributed by atoms with E-state index in [-0.39, 0.29) is 6.04 Å². The summed E-state index contributed by atoms with van der Waals surface area (Å²) in [5.74, 6) is -0.770. The molecule has 0 bridgehead atoms. The van der Waals surface area contributed by atoms with Crippen molar-refractivity contribution in [3.8, 4) is 0 Å². The fourth-order valence-corrected chi connectivity index (χ4v) is 1.31. The summed E-state index contributed by atoms with van der Waals surface area (Å²) >= 11 is 0. The third-order valence-electron chi connectivity index (χ3n) is 1.83. The maximum atomic E-state index is 10.7. The lowest BCUT2D eigenvalue weighted by atomic mass is 10.2. The normalized spacial score (nSPS) is 15.8. The Hall–Kier alpha value is -0.610. The Labute approximate surface area is 79.9 Å². The number of likely N-dealkylation sites (N-methyl/N-ethyl adjacent to an activating group) is 1. The molecule has 0 rings (SSSR count). The molecule has 0 spiro atoms. The van der Waals surface area contributed by atoms with Crippen LogP contribution in [-0.4, -0.2) is 48.7 Å². The molecule has 0 saturated carbocycles. The molecule has 0 aliphatic carbocycles. The first-order chi connectivity index (χ1) is 5.97. The minimum absolute atomic E-state index is 0.205. The van der Waals surface area contributed by atoms with E-state index < -0.39 is 12.0 Å². The van der Waals surface area contributed by atoms with E-state index in [9.17, 15) is 4.79 Å². The van der Waals surface area contributed by atoms with E-state index in [1.165, 1.54) is 0 Å². The van der Waals surface area contributed by atoms with Crippen molar-refractivity contribution in [1.29, 1.82) is 0 Å². The highest BCUT2D eigenvalue weighted by atomic mass is 16.4. The van der Waals surface area contributed by atoms with Crippen molar-refractivity contribution < 1.29 is 9.90 Å². The van der Waals surface area contributed by atoms with Crippen LogP contribution in [0.25, 0.3) is 0 Å². The summed E-state index contributed by atoms with van der Waals surface area (Å²) < 4.78 is 0. The summed E-state index contributed by atoms with van der Waals surface area (Å²) in [6, 6.07) is -0.217. The van der Waals surface area contributed by atoms with Crippen molar-refractivity contribution in [3.63, 3.8) is 0 Å². The number of rotatable bonds is 6. The lowest BCUT2D eigenvalue weighted by molar-refractivity contribution is -0.139. The van der Waals surface area contributed by atoms with Crippen LogP contribution in [0, 0.1) is 0 Å². The minimum Gasteiger partial charge on any atom is -0.480 e. The van der Waals surface area contributed by atoms with Crippen LogP contribution in [0.15, 0.2) is 0 Å². The van der Waals surface area contributed by atoms with Gasteiger partial charge in [0, 0.05) is 12.6 Å². The molecule has 2 atom stereocenters. The molecule has 4 heteroatoms. The Kier molecular flexibility index (Phi) is 5.66. The van der Waals surface area contributed by atoms with Gasteiger partial charge >= 0.3 is 5.97 Å². The summed E-state index contributed by atoms with van der Waals surface area (Å²) in [6.07, 6.45) is 0.618. The van der Waals surface area contributed by atoms with E-state index in [0.29, 0.717) is 6.42 Å². The summed E-state index contributed by atoms with van der Waals surface area (Å²) in [4.78, 5) is 12.7. The Bertz CT molecular complexity index is 160. The van der Waals surface area contributed by atoms with Crippen molar-refractivity contribution in [2.45, 2.75) is 32.4 Å². The molecule has 13 heavy (non-hydrogen) atoms. The zero-order valence-corrected chi connectivity index (χ0v) is 8.87. The monoisotopic (exact) mass is 188 g/mol. The number of carboxylic acids is 1. The van der Waals surface area contributed by atoms with Gasteiger partial charge in [0.15, 0.2) is 0 Å². The molecule has 0 radical (unpaired) electrons. The molecular weight excluding hydrogens is 168 g/mol. The van der Waals surface area contributed by atoms with Gasteiger partial charge in [-0.05, 0) is 27.4 Å². The Morgan fingerprint density at radius 3 is 2.38 bits per heavy atom. The smallest absolute Gasteiger partial charge is 0.320 e. The van der Waals surface area contributed by atoms with Crippen LogP contribution in [0.3, 0.4) is 0 Å². The number of carbonyl (C=O) groups is 1. The first-order valence-electron chi connectivity index (χ1n) is 4.61. The average Bonchev–Trinajstić information content (AvgIpc) is 1.98. The van der Waals surface area contributed by atoms with Gasteiger partial charge in [-0.1, -0.05) is 6.92 Å². The van der Waals surface area contributed by atoms with Crippen LogP contribution in [0.2, 0.25) is 0 Å². The van der Waals surface area contributed by atoms with E-state index >= 15 is 0 Å². The van der Waals surface area contributed by atoms with Gasteiger partial charge in [0.1, 0.15) is 6.04 Å². The number of hydrogen-bond donors (Lipinski definition) is 2. The summed E-state index contributed by atoms with van der Waals surface area (Å²) in [5.41, 5.74) is 0. The van der Waals surface area contributed by atoms with Gasteiger partial charge in [-0.2, -0.15) is 0 Å². The van der Waals surface area contributed by atoms with Gasteiger partial charge in [0.25, 0.3) is 0 Å². The zero-order valence-electron chi connectivity index (χ0n) is 8.87. The van der Waals surface area contributed by atoms with Gasteiger partial charge in [-0.25, -0.2) is 0 Å². The van der Waals surface area contributed by atoms with Crippen molar-refractivity contribution >= 4 is 5.97 Å². The molecule has 0 aliphatic rings. The predicted octanol–water partition coefficient (Wildman–Crippen LogP) is 0.389. The number of nitrogens with one attached hydrogen (secondary N) is 1. The van der Waals surface area contributed by atoms with Gasteiger partial charge in [0.05, 0.1) is 0 Å². The Morgan fingerprint density at radius 2 is 2.08 bits per heavy atom. The highest BCUT2D eigenvalue weighted by Crippen LogP contribution is 1.94. The summed E-state index contributed by atoms with van der Waals surface area (Å²) in [5, 5.41) is 11.8. The molecule has 0 saturated heterocycles. The third-order valence-corrected chi connectivity index (χ3v) is 1.83. The largest absolute Gasteiger partial charge is 0.480 e. The lowest BCUT2D eigenvalue weighted by Crippen LogP contribution is -2.45. The first-order valence-corrected chi connectivity index (χ1v) is 4.61. The van der Waals surface area contributed by atoms with Crippen LogP contribution >= 0.6 is 0 Å². The molecule has 2 N–H and O–H groups in total. The molecule has 78 valence electrons. The topological polar surface area (TPSA) is 52.6 Å². The van der Waals surface area contributed by atoms with Gasteiger partial charge in [-0.3, -0.25) is 4.79 Å².